The van der Waals surface area contributed by atoms with Crippen LogP contribution in [-0.4, -0.2) is 22.4 Å². The van der Waals surface area contributed by atoms with Crippen LogP contribution in [0.4, 0.5) is 13.2 Å². The molecule has 3 N–H and O–H groups in total. The summed E-state index contributed by atoms with van der Waals surface area (Å²) in [7, 11) is 0. The summed E-state index contributed by atoms with van der Waals surface area (Å²) in [4.78, 5) is 18.1. The number of amides is 1. The van der Waals surface area contributed by atoms with Gasteiger partial charge in [-0.1, -0.05) is 0 Å². The second-order valence-corrected chi connectivity index (χ2v) is 6.43. The maximum absolute atomic E-state index is 13.9. The number of benzene rings is 2. The van der Waals surface area contributed by atoms with Crippen LogP contribution in [0.1, 0.15) is 21.7 Å². The average molecular weight is 371 g/mol. The number of rotatable bonds is 4. The molecule has 4 nitrogen and oxygen atoms in total. The molecule has 0 aliphatic heterocycles. The number of nitrogens with one attached hydrogen (secondary N) is 3. The Morgan fingerprint density at radius 1 is 1.07 bits per heavy atom. The van der Waals surface area contributed by atoms with Crippen LogP contribution in [0.2, 0.25) is 0 Å². The van der Waals surface area contributed by atoms with Gasteiger partial charge in [0, 0.05) is 28.5 Å². The molecular weight excluding hydrogens is 355 g/mol. The number of carbonyl (C=O) groups excluding carboxylic acids is 1. The molecule has 0 unspecified atom stereocenters. The topological polar surface area (TPSA) is 60.7 Å². The summed E-state index contributed by atoms with van der Waals surface area (Å²) >= 11 is 0. The van der Waals surface area contributed by atoms with Crippen LogP contribution >= 0.6 is 0 Å². The Morgan fingerprint density at radius 3 is 2.70 bits per heavy atom. The molecular formula is C20H16F3N3O. The highest BCUT2D eigenvalue weighted by atomic mass is 19.2. The lowest BCUT2D eigenvalue weighted by Crippen LogP contribution is -2.26. The van der Waals surface area contributed by atoms with Crippen LogP contribution in [0.25, 0.3) is 21.8 Å². The number of hydrogen-bond acceptors (Lipinski definition) is 1. The minimum Gasteiger partial charge on any atom is -0.356 e. The van der Waals surface area contributed by atoms with Gasteiger partial charge in [-0.3, -0.25) is 4.79 Å². The largest absolute Gasteiger partial charge is 0.356 e. The van der Waals surface area contributed by atoms with Crippen LogP contribution in [-0.2, 0) is 6.42 Å². The fraction of sp³-hybridized carbons (Fsp3) is 0.150. The highest BCUT2D eigenvalue weighted by Gasteiger charge is 2.15. The Balaban J connectivity index is 1.49. The first kappa shape index (κ1) is 17.2. The van der Waals surface area contributed by atoms with Crippen molar-refractivity contribution in [3.8, 4) is 0 Å². The van der Waals surface area contributed by atoms with Gasteiger partial charge in [0.2, 0.25) is 0 Å². The summed E-state index contributed by atoms with van der Waals surface area (Å²) in [5, 5.41) is 4.00. The summed E-state index contributed by atoms with van der Waals surface area (Å²) < 4.78 is 40.5. The summed E-state index contributed by atoms with van der Waals surface area (Å²) in [6, 6.07) is 8.46. The summed E-state index contributed by atoms with van der Waals surface area (Å²) in [5.74, 6) is -2.50. The van der Waals surface area contributed by atoms with Crippen molar-refractivity contribution in [2.45, 2.75) is 13.3 Å². The fourth-order valence-electron chi connectivity index (χ4n) is 3.33. The van der Waals surface area contributed by atoms with Crippen LogP contribution in [0.15, 0.2) is 36.4 Å². The molecule has 2 heterocycles. The third-order valence-electron chi connectivity index (χ3n) is 4.67. The first-order valence-corrected chi connectivity index (χ1v) is 8.45. The Kier molecular flexibility index (Phi) is 4.14. The van der Waals surface area contributed by atoms with Crippen LogP contribution in [0, 0.1) is 24.4 Å². The molecule has 27 heavy (non-hydrogen) atoms. The van der Waals surface area contributed by atoms with E-state index in [4.69, 9.17) is 0 Å². The molecule has 138 valence electrons. The van der Waals surface area contributed by atoms with E-state index >= 15 is 0 Å². The van der Waals surface area contributed by atoms with E-state index in [0.717, 1.165) is 17.3 Å². The number of halogens is 3. The van der Waals surface area contributed by atoms with Gasteiger partial charge in [-0.2, -0.15) is 0 Å². The predicted octanol–water partition coefficient (Wildman–Crippen LogP) is 4.35. The second-order valence-electron chi connectivity index (χ2n) is 6.43. The first-order valence-electron chi connectivity index (χ1n) is 8.45. The zero-order valence-corrected chi connectivity index (χ0v) is 14.4. The standard InChI is InChI=1S/C20H16F3N3O/c1-10-13(14-3-4-15(22)18(23)19(14)25-10)6-7-24-20(27)17-9-11-8-12(21)2-5-16(11)26-17/h2-5,8-9,25-26H,6-7H2,1H3,(H,24,27). The number of hydrogen-bond donors (Lipinski definition) is 3. The average Bonchev–Trinajstić information content (AvgIpc) is 3.19. The van der Waals surface area contributed by atoms with Gasteiger partial charge >= 0.3 is 0 Å². The first-order chi connectivity index (χ1) is 12.9. The Labute approximate surface area is 152 Å². The number of fused-ring (bicyclic) bond motifs is 2. The van der Waals surface area contributed by atoms with Gasteiger partial charge in [0.05, 0.1) is 5.52 Å². The maximum Gasteiger partial charge on any atom is 0.267 e. The van der Waals surface area contributed by atoms with Gasteiger partial charge in [0.25, 0.3) is 5.91 Å². The van der Waals surface area contributed by atoms with Crippen molar-refractivity contribution in [1.82, 2.24) is 15.3 Å². The molecule has 1 amide bonds. The van der Waals surface area contributed by atoms with Crippen molar-refractivity contribution in [3.63, 3.8) is 0 Å². The Morgan fingerprint density at radius 2 is 1.89 bits per heavy atom. The Hall–Kier alpha value is -3.22. The monoisotopic (exact) mass is 371 g/mol. The van der Waals surface area contributed by atoms with Crippen LogP contribution < -0.4 is 5.32 Å². The molecule has 0 saturated carbocycles. The van der Waals surface area contributed by atoms with Crippen molar-refractivity contribution in [3.05, 3.63) is 70.8 Å². The van der Waals surface area contributed by atoms with E-state index in [1.165, 1.54) is 18.2 Å². The highest BCUT2D eigenvalue weighted by Crippen LogP contribution is 2.26. The van der Waals surface area contributed by atoms with E-state index in [2.05, 4.69) is 15.3 Å². The van der Waals surface area contributed by atoms with E-state index in [-0.39, 0.29) is 17.2 Å². The lowest BCUT2D eigenvalue weighted by molar-refractivity contribution is 0.0950. The smallest absolute Gasteiger partial charge is 0.267 e. The summed E-state index contributed by atoms with van der Waals surface area (Å²) in [6.45, 7) is 2.09. The van der Waals surface area contributed by atoms with Crippen molar-refractivity contribution < 1.29 is 18.0 Å². The van der Waals surface area contributed by atoms with Gasteiger partial charge in [-0.05, 0) is 55.3 Å². The van der Waals surface area contributed by atoms with Gasteiger partial charge < -0.3 is 15.3 Å². The molecule has 0 aliphatic carbocycles. The summed E-state index contributed by atoms with van der Waals surface area (Å²) in [6.07, 6.45) is 0.456. The molecule has 0 spiro atoms. The molecule has 4 aromatic rings. The van der Waals surface area contributed by atoms with Crippen molar-refractivity contribution in [2.75, 3.05) is 6.54 Å². The number of aromatic nitrogens is 2. The molecule has 4 rings (SSSR count). The number of H-pyrrole nitrogens is 2. The maximum atomic E-state index is 13.9. The third-order valence-corrected chi connectivity index (χ3v) is 4.67. The Bertz CT molecular complexity index is 1180. The molecule has 0 fully saturated rings. The van der Waals surface area contributed by atoms with Crippen LogP contribution in [0.5, 0.6) is 0 Å². The molecule has 0 bridgehead atoms. The van der Waals surface area contributed by atoms with Crippen molar-refractivity contribution in [2.24, 2.45) is 0 Å². The minimum absolute atomic E-state index is 0.131. The SMILES string of the molecule is Cc1[nH]c2c(F)c(F)ccc2c1CCNC(=O)c1cc2cc(F)ccc2[nH]1. The van der Waals surface area contributed by atoms with Crippen LogP contribution in [0.3, 0.4) is 0 Å². The summed E-state index contributed by atoms with van der Waals surface area (Å²) in [5.41, 5.74) is 2.69. The van der Waals surface area contributed by atoms with Crippen molar-refractivity contribution >= 4 is 27.7 Å². The molecule has 2 aromatic heterocycles. The van der Waals surface area contributed by atoms with Gasteiger partial charge in [-0.15, -0.1) is 0 Å². The molecule has 0 aliphatic rings. The van der Waals surface area contributed by atoms with E-state index < -0.39 is 11.6 Å². The van der Waals surface area contributed by atoms with Gasteiger partial charge in [0.15, 0.2) is 11.6 Å². The highest BCUT2D eigenvalue weighted by molar-refractivity contribution is 5.98. The van der Waals surface area contributed by atoms with E-state index in [9.17, 15) is 18.0 Å². The predicted molar refractivity (Wildman–Crippen MR) is 97.2 cm³/mol. The second kappa shape index (κ2) is 6.50. The van der Waals surface area contributed by atoms with Gasteiger partial charge in [0.1, 0.15) is 11.5 Å². The molecule has 7 heteroatoms. The van der Waals surface area contributed by atoms with E-state index in [1.807, 2.05) is 0 Å². The van der Waals surface area contributed by atoms with E-state index in [1.54, 1.807) is 19.1 Å². The zero-order valence-electron chi connectivity index (χ0n) is 14.4. The molecule has 0 radical (unpaired) electrons. The van der Waals surface area contributed by atoms with Gasteiger partial charge in [-0.25, -0.2) is 13.2 Å². The zero-order chi connectivity index (χ0) is 19.1. The fourth-order valence-corrected chi connectivity index (χ4v) is 3.33. The number of aryl methyl sites for hydroxylation is 1. The lowest BCUT2D eigenvalue weighted by atomic mass is 10.1. The number of aromatic amines is 2. The number of carbonyl (C=O) groups is 1. The molecule has 2 aromatic carbocycles. The van der Waals surface area contributed by atoms with E-state index in [0.29, 0.717) is 34.9 Å². The normalized spacial score (nSPS) is 11.4. The lowest BCUT2D eigenvalue weighted by Gasteiger charge is -2.05. The third kappa shape index (κ3) is 3.05. The molecule has 0 saturated heterocycles. The van der Waals surface area contributed by atoms with Crippen molar-refractivity contribution in [1.29, 1.82) is 0 Å². The minimum atomic E-state index is -0.906. The molecule has 0 atom stereocenters. The quantitative estimate of drug-likeness (QED) is 0.491.